The number of hydrogen-bond donors (Lipinski definition) is 1. The SMILES string of the molecule is CCN(CC(=O)NCc1cccs1)Cc1ccc(Cl)cc1Cl. The molecule has 0 spiro atoms. The van der Waals surface area contributed by atoms with Crippen LogP contribution in [0.15, 0.2) is 35.7 Å². The first-order valence-electron chi connectivity index (χ1n) is 7.04. The van der Waals surface area contributed by atoms with E-state index in [1.54, 1.807) is 17.4 Å². The second-order valence-electron chi connectivity index (χ2n) is 4.90. The molecule has 0 aliphatic rings. The van der Waals surface area contributed by atoms with Crippen LogP contribution in [-0.2, 0) is 17.9 Å². The van der Waals surface area contributed by atoms with Crippen LogP contribution in [0.5, 0.6) is 0 Å². The molecule has 1 aromatic carbocycles. The Hall–Kier alpha value is -1.07. The first-order chi connectivity index (χ1) is 10.6. The Morgan fingerprint density at radius 1 is 1.32 bits per heavy atom. The summed E-state index contributed by atoms with van der Waals surface area (Å²) in [4.78, 5) is 15.2. The van der Waals surface area contributed by atoms with Crippen LogP contribution in [0.1, 0.15) is 17.4 Å². The third-order valence-corrected chi connectivity index (χ3v) is 4.73. The molecule has 1 heterocycles. The second-order valence-corrected chi connectivity index (χ2v) is 6.77. The highest BCUT2D eigenvalue weighted by Gasteiger charge is 2.11. The van der Waals surface area contributed by atoms with E-state index in [2.05, 4.69) is 5.32 Å². The van der Waals surface area contributed by atoms with E-state index in [0.717, 1.165) is 17.0 Å². The van der Waals surface area contributed by atoms with Gasteiger partial charge in [0.15, 0.2) is 0 Å². The van der Waals surface area contributed by atoms with Gasteiger partial charge in [-0.15, -0.1) is 11.3 Å². The van der Waals surface area contributed by atoms with Crippen molar-refractivity contribution in [2.24, 2.45) is 0 Å². The number of carbonyl (C=O) groups is 1. The van der Waals surface area contributed by atoms with Crippen molar-refractivity contribution < 1.29 is 4.79 Å². The molecular formula is C16H18Cl2N2OS. The fraction of sp³-hybridized carbons (Fsp3) is 0.312. The Labute approximate surface area is 144 Å². The van der Waals surface area contributed by atoms with Crippen LogP contribution in [-0.4, -0.2) is 23.9 Å². The molecule has 1 amide bonds. The standard InChI is InChI=1S/C16H18Cl2N2OS/c1-2-20(10-12-5-6-13(17)8-15(12)18)11-16(21)19-9-14-4-3-7-22-14/h3-8H,2,9-11H2,1H3,(H,19,21). The molecule has 1 aromatic heterocycles. The molecule has 2 rings (SSSR count). The maximum absolute atomic E-state index is 12.0. The number of thiophene rings is 1. The zero-order chi connectivity index (χ0) is 15.9. The zero-order valence-corrected chi connectivity index (χ0v) is 14.6. The van der Waals surface area contributed by atoms with Crippen molar-refractivity contribution in [3.05, 3.63) is 56.2 Å². The van der Waals surface area contributed by atoms with E-state index in [0.29, 0.717) is 29.7 Å². The lowest BCUT2D eigenvalue weighted by atomic mass is 10.2. The van der Waals surface area contributed by atoms with E-state index in [1.807, 2.05) is 41.5 Å². The van der Waals surface area contributed by atoms with E-state index < -0.39 is 0 Å². The molecule has 118 valence electrons. The minimum atomic E-state index is 0.0142. The van der Waals surface area contributed by atoms with Gasteiger partial charge in [0, 0.05) is 21.5 Å². The Bertz CT molecular complexity index is 617. The highest BCUT2D eigenvalue weighted by Crippen LogP contribution is 2.22. The fourth-order valence-corrected chi connectivity index (χ4v) is 3.14. The summed E-state index contributed by atoms with van der Waals surface area (Å²) >= 11 is 13.7. The van der Waals surface area contributed by atoms with Gasteiger partial charge < -0.3 is 5.32 Å². The average molecular weight is 357 g/mol. The highest BCUT2D eigenvalue weighted by atomic mass is 35.5. The summed E-state index contributed by atoms with van der Waals surface area (Å²) in [5, 5.41) is 6.18. The van der Waals surface area contributed by atoms with Gasteiger partial charge in [0.1, 0.15) is 0 Å². The quantitative estimate of drug-likeness (QED) is 0.806. The lowest BCUT2D eigenvalue weighted by Gasteiger charge is -2.20. The lowest BCUT2D eigenvalue weighted by Crippen LogP contribution is -2.36. The van der Waals surface area contributed by atoms with Crippen molar-refractivity contribution in [2.45, 2.75) is 20.0 Å². The minimum absolute atomic E-state index is 0.0142. The Kier molecular flexibility index (Phi) is 6.70. The van der Waals surface area contributed by atoms with Crippen molar-refractivity contribution in [3.63, 3.8) is 0 Å². The Balaban J connectivity index is 1.87. The Morgan fingerprint density at radius 2 is 2.14 bits per heavy atom. The van der Waals surface area contributed by atoms with E-state index in [-0.39, 0.29) is 5.91 Å². The van der Waals surface area contributed by atoms with E-state index in [9.17, 15) is 4.79 Å². The van der Waals surface area contributed by atoms with Crippen LogP contribution in [0, 0.1) is 0 Å². The van der Waals surface area contributed by atoms with E-state index in [1.165, 1.54) is 0 Å². The number of nitrogens with one attached hydrogen (secondary N) is 1. The molecule has 0 unspecified atom stereocenters. The summed E-state index contributed by atoms with van der Waals surface area (Å²) in [5.41, 5.74) is 0.971. The average Bonchev–Trinajstić information content (AvgIpc) is 3.00. The van der Waals surface area contributed by atoms with Crippen LogP contribution in [0.4, 0.5) is 0 Å². The maximum atomic E-state index is 12.0. The summed E-state index contributed by atoms with van der Waals surface area (Å²) in [7, 11) is 0. The van der Waals surface area contributed by atoms with Crippen molar-refractivity contribution >= 4 is 40.4 Å². The van der Waals surface area contributed by atoms with Gasteiger partial charge in [0.25, 0.3) is 0 Å². The molecule has 22 heavy (non-hydrogen) atoms. The lowest BCUT2D eigenvalue weighted by molar-refractivity contribution is -0.122. The largest absolute Gasteiger partial charge is 0.350 e. The van der Waals surface area contributed by atoms with Crippen LogP contribution in [0.2, 0.25) is 10.0 Å². The zero-order valence-electron chi connectivity index (χ0n) is 12.3. The van der Waals surface area contributed by atoms with Gasteiger partial charge in [-0.2, -0.15) is 0 Å². The molecule has 0 saturated carbocycles. The number of nitrogens with zero attached hydrogens (tertiary/aromatic N) is 1. The van der Waals surface area contributed by atoms with Gasteiger partial charge in [-0.05, 0) is 35.7 Å². The number of carbonyl (C=O) groups excluding carboxylic acids is 1. The molecular weight excluding hydrogens is 339 g/mol. The molecule has 0 aliphatic carbocycles. The number of hydrogen-bond acceptors (Lipinski definition) is 3. The van der Waals surface area contributed by atoms with Crippen LogP contribution >= 0.6 is 34.5 Å². The van der Waals surface area contributed by atoms with Crippen LogP contribution in [0.25, 0.3) is 0 Å². The van der Waals surface area contributed by atoms with Gasteiger partial charge in [-0.25, -0.2) is 0 Å². The molecule has 2 aromatic rings. The summed E-state index contributed by atoms with van der Waals surface area (Å²) in [6.07, 6.45) is 0. The first-order valence-corrected chi connectivity index (χ1v) is 8.67. The summed E-state index contributed by atoms with van der Waals surface area (Å²) in [6, 6.07) is 9.43. The predicted octanol–water partition coefficient (Wildman–Crippen LogP) is 4.19. The van der Waals surface area contributed by atoms with Gasteiger partial charge in [-0.3, -0.25) is 9.69 Å². The van der Waals surface area contributed by atoms with Crippen molar-refractivity contribution in [2.75, 3.05) is 13.1 Å². The molecule has 6 heteroatoms. The third kappa shape index (κ3) is 5.29. The van der Waals surface area contributed by atoms with Crippen molar-refractivity contribution in [1.82, 2.24) is 10.2 Å². The van der Waals surface area contributed by atoms with E-state index in [4.69, 9.17) is 23.2 Å². The van der Waals surface area contributed by atoms with E-state index >= 15 is 0 Å². The van der Waals surface area contributed by atoms with Gasteiger partial charge in [0.05, 0.1) is 13.1 Å². The fourth-order valence-electron chi connectivity index (χ4n) is 2.03. The predicted molar refractivity (Wildman–Crippen MR) is 93.6 cm³/mol. The summed E-state index contributed by atoms with van der Waals surface area (Å²) < 4.78 is 0. The smallest absolute Gasteiger partial charge is 0.234 e. The number of rotatable bonds is 7. The van der Waals surface area contributed by atoms with Crippen LogP contribution in [0.3, 0.4) is 0 Å². The minimum Gasteiger partial charge on any atom is -0.350 e. The van der Waals surface area contributed by atoms with Crippen molar-refractivity contribution in [1.29, 1.82) is 0 Å². The van der Waals surface area contributed by atoms with Gasteiger partial charge in [-0.1, -0.05) is 42.3 Å². The molecule has 0 radical (unpaired) electrons. The highest BCUT2D eigenvalue weighted by molar-refractivity contribution is 7.09. The normalized spacial score (nSPS) is 10.9. The molecule has 3 nitrogen and oxygen atoms in total. The number of amides is 1. The topological polar surface area (TPSA) is 32.3 Å². The van der Waals surface area contributed by atoms with Gasteiger partial charge >= 0.3 is 0 Å². The second kappa shape index (κ2) is 8.53. The maximum Gasteiger partial charge on any atom is 0.234 e. The number of halogens is 2. The summed E-state index contributed by atoms with van der Waals surface area (Å²) in [5.74, 6) is 0.0142. The molecule has 0 saturated heterocycles. The molecule has 0 atom stereocenters. The molecule has 1 N–H and O–H groups in total. The molecule has 0 aliphatic heterocycles. The van der Waals surface area contributed by atoms with Crippen LogP contribution < -0.4 is 5.32 Å². The molecule has 0 fully saturated rings. The number of benzene rings is 1. The third-order valence-electron chi connectivity index (χ3n) is 3.26. The Morgan fingerprint density at radius 3 is 2.77 bits per heavy atom. The molecule has 0 bridgehead atoms. The van der Waals surface area contributed by atoms with Gasteiger partial charge in [0.2, 0.25) is 5.91 Å². The van der Waals surface area contributed by atoms with Crippen molar-refractivity contribution in [3.8, 4) is 0 Å². The first kappa shape index (κ1) is 17.3. The summed E-state index contributed by atoms with van der Waals surface area (Å²) in [6.45, 7) is 4.34. The monoisotopic (exact) mass is 356 g/mol. The number of likely N-dealkylation sites (N-methyl/N-ethyl adjacent to an activating group) is 1.